The molecule has 0 aromatic heterocycles. The van der Waals surface area contributed by atoms with Crippen molar-refractivity contribution < 1.29 is 23.9 Å². The number of hydrogen-bond acceptors (Lipinski definition) is 8. The number of hydrogen-bond donors (Lipinski definition) is 2. The van der Waals surface area contributed by atoms with Gasteiger partial charge in [0.25, 0.3) is 5.91 Å². The maximum atomic E-state index is 13.7. The lowest BCUT2D eigenvalue weighted by molar-refractivity contribution is -0.125. The molecule has 2 unspecified atom stereocenters. The number of nitrogens with zero attached hydrogens (tertiary/aromatic N) is 3. The zero-order chi connectivity index (χ0) is 30.3. The highest BCUT2D eigenvalue weighted by Crippen LogP contribution is 2.36. The summed E-state index contributed by atoms with van der Waals surface area (Å²) in [6.45, 7) is 2.23. The quantitative estimate of drug-likeness (QED) is 0.323. The minimum Gasteiger partial charge on any atom is -0.497 e. The fraction of sp³-hybridized carbons (Fsp3) is 0.281. The molecule has 0 radical (unpaired) electrons. The molecule has 3 aromatic carbocycles. The minimum atomic E-state index is -0.741. The van der Waals surface area contributed by atoms with Gasteiger partial charge >= 0.3 is 0 Å². The molecule has 0 saturated heterocycles. The van der Waals surface area contributed by atoms with Gasteiger partial charge in [0, 0.05) is 35.8 Å². The number of thioether (sulfide) groups is 1. The highest BCUT2D eigenvalue weighted by molar-refractivity contribution is 8.15. The van der Waals surface area contributed by atoms with Crippen LogP contribution in [0.25, 0.3) is 0 Å². The van der Waals surface area contributed by atoms with E-state index in [1.165, 1.54) is 16.7 Å². The van der Waals surface area contributed by atoms with Gasteiger partial charge in [-0.3, -0.25) is 19.4 Å². The first kappa shape index (κ1) is 29.8. The first-order chi connectivity index (χ1) is 20.9. The number of aliphatic imine (C=N–C) groups is 2. The van der Waals surface area contributed by atoms with Crippen molar-refractivity contribution in [1.82, 2.24) is 10.2 Å². The molecule has 11 heteroatoms. The lowest BCUT2D eigenvalue weighted by Crippen LogP contribution is -2.42. The average Bonchev–Trinajstić information content (AvgIpc) is 3.37. The van der Waals surface area contributed by atoms with Crippen molar-refractivity contribution in [2.75, 3.05) is 19.5 Å². The Bertz CT molecular complexity index is 1590. The lowest BCUT2D eigenvalue weighted by Gasteiger charge is -2.27. The van der Waals surface area contributed by atoms with E-state index < -0.39 is 11.3 Å². The second-order valence-electron chi connectivity index (χ2n) is 9.92. The van der Waals surface area contributed by atoms with Gasteiger partial charge in [-0.05, 0) is 43.2 Å². The molecule has 10 nitrogen and oxygen atoms in total. The molecule has 5 rings (SSSR count). The first-order valence-electron chi connectivity index (χ1n) is 14.0. The van der Waals surface area contributed by atoms with Crippen molar-refractivity contribution in [3.05, 3.63) is 83.9 Å². The monoisotopic (exact) mass is 599 g/mol. The molecular weight excluding hydrogens is 566 g/mol. The zero-order valence-corrected chi connectivity index (χ0v) is 25.0. The number of amides is 3. The van der Waals surface area contributed by atoms with Crippen molar-refractivity contribution in [2.45, 2.75) is 44.0 Å². The molecule has 2 N–H and O–H groups in total. The number of amidine groups is 2. The van der Waals surface area contributed by atoms with Gasteiger partial charge in [-0.15, -0.1) is 0 Å². The predicted molar refractivity (Wildman–Crippen MR) is 168 cm³/mol. The van der Waals surface area contributed by atoms with Crippen LogP contribution in [0.5, 0.6) is 11.5 Å². The summed E-state index contributed by atoms with van der Waals surface area (Å²) in [5.41, 5.74) is 2.88. The summed E-state index contributed by atoms with van der Waals surface area (Å²) in [5, 5.41) is 5.70. The van der Waals surface area contributed by atoms with Crippen LogP contribution in [0.15, 0.2) is 82.8 Å². The number of para-hydroxylation sites is 2. The number of carbonyl (C=O) groups is 3. The van der Waals surface area contributed by atoms with Crippen molar-refractivity contribution in [2.24, 2.45) is 9.98 Å². The fourth-order valence-corrected chi connectivity index (χ4v) is 5.86. The van der Waals surface area contributed by atoms with Crippen molar-refractivity contribution >= 4 is 51.9 Å². The number of rotatable bonds is 11. The Hall–Kier alpha value is -4.64. The van der Waals surface area contributed by atoms with Crippen molar-refractivity contribution in [3.63, 3.8) is 0 Å². The summed E-state index contributed by atoms with van der Waals surface area (Å²) in [6, 6.07) is 21.3. The second kappa shape index (κ2) is 13.6. The number of fused-ring (bicyclic) bond motifs is 3. The van der Waals surface area contributed by atoms with E-state index in [1.807, 2.05) is 55.5 Å². The largest absolute Gasteiger partial charge is 0.497 e. The van der Waals surface area contributed by atoms with E-state index in [0.29, 0.717) is 46.8 Å². The highest BCUT2D eigenvalue weighted by Gasteiger charge is 2.42. The summed E-state index contributed by atoms with van der Waals surface area (Å²) in [5.74, 6) is 1.15. The Balaban J connectivity index is 1.28. The van der Waals surface area contributed by atoms with Gasteiger partial charge in [0.2, 0.25) is 11.8 Å². The maximum Gasteiger partial charge on any atom is 0.259 e. The molecule has 2 aliphatic rings. The van der Waals surface area contributed by atoms with Gasteiger partial charge in [-0.2, -0.15) is 0 Å². The fourth-order valence-electron chi connectivity index (χ4n) is 4.84. The van der Waals surface area contributed by atoms with Crippen LogP contribution in [0, 0.1) is 0 Å². The SMILES string of the molecule is CCC(SC1=Nc2ccccc2C2=NC(CCC(=O)NCc3ccccc3OC)C(=O)N12)C(=O)Nc1cccc(OC)c1. The van der Waals surface area contributed by atoms with Crippen LogP contribution in [0.3, 0.4) is 0 Å². The van der Waals surface area contributed by atoms with E-state index in [9.17, 15) is 14.4 Å². The Morgan fingerprint density at radius 2 is 1.81 bits per heavy atom. The number of anilines is 1. The number of methoxy groups -OCH3 is 2. The molecule has 222 valence electrons. The van der Waals surface area contributed by atoms with Gasteiger partial charge in [-0.25, -0.2) is 9.89 Å². The molecule has 2 atom stereocenters. The molecule has 0 fully saturated rings. The van der Waals surface area contributed by atoms with E-state index in [1.54, 1.807) is 38.5 Å². The van der Waals surface area contributed by atoms with Gasteiger partial charge < -0.3 is 20.1 Å². The molecule has 0 aliphatic carbocycles. The van der Waals surface area contributed by atoms with Crippen LogP contribution in [-0.2, 0) is 20.9 Å². The maximum absolute atomic E-state index is 13.7. The van der Waals surface area contributed by atoms with Crippen LogP contribution in [0.1, 0.15) is 37.3 Å². The molecule has 0 spiro atoms. The highest BCUT2D eigenvalue weighted by atomic mass is 32.2. The zero-order valence-electron chi connectivity index (χ0n) is 24.2. The summed E-state index contributed by atoms with van der Waals surface area (Å²) in [6.07, 6.45) is 0.869. The standard InChI is InChI=1S/C32H33N5O5S/c1-4-27(30(39)34-21-11-9-12-22(18-21)41-2)43-32-36-24-14-7-6-13-23(24)29-35-25(31(40)37(29)32)16-17-28(38)33-19-20-10-5-8-15-26(20)42-3/h5-15,18,25,27H,4,16-17,19H2,1-3H3,(H,33,38)(H,34,39). The number of carbonyl (C=O) groups excluding carboxylic acids is 3. The van der Waals surface area contributed by atoms with Gasteiger partial charge in [0.15, 0.2) is 5.17 Å². The second-order valence-corrected chi connectivity index (χ2v) is 11.1. The summed E-state index contributed by atoms with van der Waals surface area (Å²) < 4.78 is 10.6. The van der Waals surface area contributed by atoms with Crippen molar-refractivity contribution in [3.8, 4) is 11.5 Å². The molecular formula is C32H33N5O5S. The third kappa shape index (κ3) is 6.72. The smallest absolute Gasteiger partial charge is 0.259 e. The Kier molecular flexibility index (Phi) is 9.41. The summed E-state index contributed by atoms with van der Waals surface area (Å²) in [7, 11) is 3.16. The summed E-state index contributed by atoms with van der Waals surface area (Å²) >= 11 is 1.22. The number of benzene rings is 3. The van der Waals surface area contributed by atoms with Crippen LogP contribution in [-0.4, -0.2) is 59.1 Å². The third-order valence-corrected chi connectivity index (χ3v) is 8.43. The molecule has 0 bridgehead atoms. The third-order valence-electron chi connectivity index (χ3n) is 7.11. The van der Waals surface area contributed by atoms with Crippen LogP contribution >= 0.6 is 11.8 Å². The van der Waals surface area contributed by atoms with Crippen LogP contribution in [0.4, 0.5) is 11.4 Å². The topological polar surface area (TPSA) is 122 Å². The normalized spacial score (nSPS) is 15.9. The van der Waals surface area contributed by atoms with Crippen molar-refractivity contribution in [1.29, 1.82) is 0 Å². The lowest BCUT2D eigenvalue weighted by atomic mass is 10.1. The molecule has 43 heavy (non-hydrogen) atoms. The van der Waals surface area contributed by atoms with E-state index in [-0.39, 0.29) is 30.6 Å². The van der Waals surface area contributed by atoms with Crippen LogP contribution < -0.4 is 20.1 Å². The molecule has 3 amide bonds. The molecule has 0 saturated carbocycles. The van der Waals surface area contributed by atoms with Crippen LogP contribution in [0.2, 0.25) is 0 Å². The van der Waals surface area contributed by atoms with E-state index >= 15 is 0 Å². The predicted octanol–water partition coefficient (Wildman–Crippen LogP) is 4.91. The number of nitrogens with one attached hydrogen (secondary N) is 2. The van der Waals surface area contributed by atoms with E-state index in [4.69, 9.17) is 19.5 Å². The molecule has 3 aromatic rings. The van der Waals surface area contributed by atoms with Gasteiger partial charge in [0.1, 0.15) is 23.4 Å². The Morgan fingerprint density at radius 1 is 1.02 bits per heavy atom. The van der Waals surface area contributed by atoms with Gasteiger partial charge in [0.05, 0.1) is 25.2 Å². The average molecular weight is 600 g/mol. The summed E-state index contributed by atoms with van der Waals surface area (Å²) in [4.78, 5) is 50.7. The number of ether oxygens (including phenoxy) is 2. The van der Waals surface area contributed by atoms with E-state index in [2.05, 4.69) is 10.6 Å². The minimum absolute atomic E-state index is 0.123. The Morgan fingerprint density at radius 3 is 2.60 bits per heavy atom. The van der Waals surface area contributed by atoms with Gasteiger partial charge in [-0.1, -0.05) is 55.1 Å². The first-order valence-corrected chi connectivity index (χ1v) is 14.9. The van der Waals surface area contributed by atoms with E-state index in [0.717, 1.165) is 11.1 Å². The Labute approximate surface area is 254 Å². The molecule has 2 aliphatic heterocycles. The molecule has 2 heterocycles.